The van der Waals surface area contributed by atoms with Crippen molar-refractivity contribution in [3.8, 4) is 11.1 Å². The fourth-order valence-corrected chi connectivity index (χ4v) is 2.52. The average Bonchev–Trinajstić information content (AvgIpc) is 2.53. The van der Waals surface area contributed by atoms with Gasteiger partial charge in [0.1, 0.15) is 11.2 Å². The molecule has 0 saturated heterocycles. The van der Waals surface area contributed by atoms with Crippen LogP contribution in [0.25, 0.3) is 11.1 Å². The molecule has 2 aromatic carbocycles. The quantitative estimate of drug-likeness (QED) is 0.399. The van der Waals surface area contributed by atoms with Crippen LogP contribution in [-0.2, 0) is 9.53 Å². The van der Waals surface area contributed by atoms with Crippen LogP contribution in [-0.4, -0.2) is 18.2 Å². The van der Waals surface area contributed by atoms with E-state index in [-0.39, 0.29) is 4.91 Å². The molecule has 102 valence electrons. The molecule has 4 heteroatoms. The van der Waals surface area contributed by atoms with Crippen LogP contribution in [0, 0.1) is 0 Å². The molecular formula is C16H14O3S. The van der Waals surface area contributed by atoms with Crippen LogP contribution in [0.5, 0.6) is 0 Å². The van der Waals surface area contributed by atoms with Gasteiger partial charge >= 0.3 is 5.97 Å². The Morgan fingerprint density at radius 3 is 2.45 bits per heavy atom. The summed E-state index contributed by atoms with van der Waals surface area (Å²) in [5.41, 5.74) is 2.15. The van der Waals surface area contributed by atoms with E-state index in [2.05, 4.69) is 4.74 Å². The summed E-state index contributed by atoms with van der Waals surface area (Å²) in [7, 11) is 1.28. The molecule has 0 aliphatic rings. The van der Waals surface area contributed by atoms with Crippen LogP contribution in [0.1, 0.15) is 0 Å². The number of thioether (sulfide) groups is 1. The average molecular weight is 286 g/mol. The van der Waals surface area contributed by atoms with Crippen molar-refractivity contribution < 1.29 is 14.6 Å². The highest BCUT2D eigenvalue weighted by Crippen LogP contribution is 2.30. The zero-order valence-corrected chi connectivity index (χ0v) is 11.8. The monoisotopic (exact) mass is 286 g/mol. The van der Waals surface area contributed by atoms with Gasteiger partial charge < -0.3 is 9.84 Å². The number of carbonyl (C=O) groups is 1. The van der Waals surface area contributed by atoms with Gasteiger partial charge in [0.25, 0.3) is 0 Å². The molecule has 0 aliphatic carbocycles. The van der Waals surface area contributed by atoms with Gasteiger partial charge in [0.15, 0.2) is 0 Å². The van der Waals surface area contributed by atoms with E-state index in [1.165, 1.54) is 18.9 Å². The predicted octanol–water partition coefficient (Wildman–Crippen LogP) is 4.02. The highest BCUT2D eigenvalue weighted by atomic mass is 32.2. The van der Waals surface area contributed by atoms with Gasteiger partial charge in [0, 0.05) is 4.90 Å². The van der Waals surface area contributed by atoms with Crippen LogP contribution in [0.15, 0.2) is 70.7 Å². The summed E-state index contributed by atoms with van der Waals surface area (Å²) in [5, 5.41) is 9.09. The smallest absolute Gasteiger partial charge is 0.347 e. The Bertz CT molecular complexity index is 621. The van der Waals surface area contributed by atoms with Crippen LogP contribution in [0.3, 0.4) is 0 Å². The lowest BCUT2D eigenvalue weighted by atomic mass is 10.1. The van der Waals surface area contributed by atoms with Gasteiger partial charge in [-0.1, -0.05) is 54.2 Å². The normalized spacial score (nSPS) is 11.2. The van der Waals surface area contributed by atoms with Crippen molar-refractivity contribution in [1.29, 1.82) is 0 Å². The van der Waals surface area contributed by atoms with Crippen LogP contribution >= 0.6 is 11.8 Å². The second kappa shape index (κ2) is 6.82. The van der Waals surface area contributed by atoms with Crippen LogP contribution in [0.4, 0.5) is 0 Å². The molecule has 0 unspecified atom stereocenters. The number of aliphatic hydroxyl groups excluding tert-OH is 1. The van der Waals surface area contributed by atoms with Gasteiger partial charge in [-0.15, -0.1) is 0 Å². The number of esters is 1. The molecule has 1 N–H and O–H groups in total. The standard InChI is InChI=1S/C16H14O3S/c1-19-16(18)15(11-17)20-14-9-5-8-13(10-14)12-6-3-2-4-7-12/h2-11,17H,1H3. The lowest BCUT2D eigenvalue weighted by Gasteiger charge is -2.06. The summed E-state index contributed by atoms with van der Waals surface area (Å²) < 4.78 is 4.60. The van der Waals surface area contributed by atoms with Crippen LogP contribution in [0.2, 0.25) is 0 Å². The van der Waals surface area contributed by atoms with Gasteiger partial charge in [0.05, 0.1) is 7.11 Å². The van der Waals surface area contributed by atoms with Crippen molar-refractivity contribution in [2.24, 2.45) is 0 Å². The highest BCUT2D eigenvalue weighted by molar-refractivity contribution is 8.04. The van der Waals surface area contributed by atoms with E-state index in [1.54, 1.807) is 0 Å². The van der Waals surface area contributed by atoms with Gasteiger partial charge in [-0.25, -0.2) is 4.79 Å². The molecule has 2 aromatic rings. The first-order valence-electron chi connectivity index (χ1n) is 6.00. The van der Waals surface area contributed by atoms with Crippen LogP contribution < -0.4 is 0 Å². The van der Waals surface area contributed by atoms with Gasteiger partial charge in [0.2, 0.25) is 0 Å². The summed E-state index contributed by atoms with van der Waals surface area (Å²) >= 11 is 1.17. The number of carbonyl (C=O) groups excluding carboxylic acids is 1. The third-order valence-electron chi connectivity index (χ3n) is 2.67. The summed E-state index contributed by atoms with van der Waals surface area (Å²) in [6.45, 7) is 0. The zero-order valence-electron chi connectivity index (χ0n) is 10.9. The summed E-state index contributed by atoms with van der Waals surface area (Å²) in [4.78, 5) is 12.4. The summed E-state index contributed by atoms with van der Waals surface area (Å²) in [5.74, 6) is -0.553. The maximum atomic E-state index is 11.4. The predicted molar refractivity (Wildman–Crippen MR) is 80.5 cm³/mol. The van der Waals surface area contributed by atoms with E-state index in [1.807, 2.05) is 54.6 Å². The van der Waals surface area contributed by atoms with Crippen molar-refractivity contribution in [2.75, 3.05) is 7.11 Å². The molecule has 0 spiro atoms. The molecular weight excluding hydrogens is 272 g/mol. The molecule has 0 aromatic heterocycles. The fourth-order valence-electron chi connectivity index (χ4n) is 1.72. The van der Waals surface area contributed by atoms with Gasteiger partial charge in [-0.3, -0.25) is 0 Å². The maximum absolute atomic E-state index is 11.4. The number of methoxy groups -OCH3 is 1. The van der Waals surface area contributed by atoms with Crippen molar-refractivity contribution in [3.05, 3.63) is 65.8 Å². The summed E-state index contributed by atoms with van der Waals surface area (Å²) in [6, 6.07) is 17.7. The first-order valence-corrected chi connectivity index (χ1v) is 6.82. The first-order chi connectivity index (χ1) is 9.74. The Kier molecular flexibility index (Phi) is 4.85. The van der Waals surface area contributed by atoms with E-state index in [9.17, 15) is 4.79 Å². The first kappa shape index (κ1) is 14.2. The van der Waals surface area contributed by atoms with Crippen molar-refractivity contribution in [2.45, 2.75) is 4.90 Å². The maximum Gasteiger partial charge on any atom is 0.347 e. The topological polar surface area (TPSA) is 46.5 Å². The lowest BCUT2D eigenvalue weighted by molar-refractivity contribution is -0.135. The fraction of sp³-hybridized carbons (Fsp3) is 0.0625. The summed E-state index contributed by atoms with van der Waals surface area (Å²) in [6.07, 6.45) is 0.770. The van der Waals surface area contributed by atoms with E-state index in [4.69, 9.17) is 5.11 Å². The van der Waals surface area contributed by atoms with Gasteiger partial charge in [-0.2, -0.15) is 0 Å². The number of hydrogen-bond acceptors (Lipinski definition) is 4. The SMILES string of the molecule is COC(=O)C(=CO)Sc1cccc(-c2ccccc2)c1. The van der Waals surface area contributed by atoms with Gasteiger partial charge in [-0.05, 0) is 23.3 Å². The molecule has 0 saturated carbocycles. The minimum Gasteiger partial charge on any atom is -0.514 e. The minimum absolute atomic E-state index is 0.151. The molecule has 20 heavy (non-hydrogen) atoms. The number of aliphatic hydroxyl groups is 1. The second-order valence-corrected chi connectivity index (χ2v) is 5.10. The Morgan fingerprint density at radius 2 is 1.80 bits per heavy atom. The van der Waals surface area contributed by atoms with E-state index in [0.717, 1.165) is 22.3 Å². The molecule has 0 bridgehead atoms. The van der Waals surface area contributed by atoms with Crippen molar-refractivity contribution in [3.63, 3.8) is 0 Å². The number of ether oxygens (including phenoxy) is 1. The molecule has 0 amide bonds. The second-order valence-electron chi connectivity index (χ2n) is 3.98. The number of rotatable bonds is 4. The molecule has 0 aliphatic heterocycles. The Labute approximate surface area is 121 Å². The number of benzene rings is 2. The van der Waals surface area contributed by atoms with Crippen molar-refractivity contribution in [1.82, 2.24) is 0 Å². The van der Waals surface area contributed by atoms with Crippen molar-refractivity contribution >= 4 is 17.7 Å². The number of hydrogen-bond donors (Lipinski definition) is 1. The molecule has 0 heterocycles. The lowest BCUT2D eigenvalue weighted by Crippen LogP contribution is -2.01. The minimum atomic E-state index is -0.553. The van der Waals surface area contributed by atoms with E-state index < -0.39 is 5.97 Å². The molecule has 3 nitrogen and oxygen atoms in total. The highest BCUT2D eigenvalue weighted by Gasteiger charge is 2.12. The Balaban J connectivity index is 2.25. The molecule has 2 rings (SSSR count). The molecule has 0 fully saturated rings. The largest absolute Gasteiger partial charge is 0.514 e. The van der Waals surface area contributed by atoms with E-state index >= 15 is 0 Å². The third kappa shape index (κ3) is 3.42. The molecule has 0 radical (unpaired) electrons. The Hall–Kier alpha value is -2.20. The Morgan fingerprint density at radius 1 is 1.10 bits per heavy atom. The van der Waals surface area contributed by atoms with E-state index in [0.29, 0.717) is 0 Å². The zero-order chi connectivity index (χ0) is 14.4. The third-order valence-corrected chi connectivity index (χ3v) is 3.65. The molecule has 0 atom stereocenters.